The van der Waals surface area contributed by atoms with Crippen LogP contribution in [0.2, 0.25) is 0 Å². The minimum atomic E-state index is -0.213. The average molecular weight is 588 g/mol. The molecule has 1 saturated heterocycles. The zero-order valence-electron chi connectivity index (χ0n) is 17.9. The van der Waals surface area contributed by atoms with Crippen molar-refractivity contribution in [2.24, 2.45) is 4.99 Å². The third-order valence-corrected chi connectivity index (χ3v) is 6.71. The fraction of sp³-hybridized carbons (Fsp3) is 0.120. The number of carbonyl (C=O) groups excluding carboxylic acids is 1. The van der Waals surface area contributed by atoms with Gasteiger partial charge in [-0.3, -0.25) is 4.79 Å². The number of hydrogen-bond donors (Lipinski definition) is 1. The van der Waals surface area contributed by atoms with Gasteiger partial charge in [0.25, 0.3) is 5.91 Å². The lowest BCUT2D eigenvalue weighted by molar-refractivity contribution is -0.115. The molecule has 1 fully saturated rings. The molecule has 0 bridgehead atoms. The quantitative estimate of drug-likeness (QED) is 0.315. The Morgan fingerprint density at radius 3 is 2.64 bits per heavy atom. The summed E-state index contributed by atoms with van der Waals surface area (Å²) in [5.74, 6) is 1.09. The van der Waals surface area contributed by atoms with Gasteiger partial charge in [-0.15, -0.1) is 0 Å². The topological polar surface area (TPSA) is 59.9 Å². The lowest BCUT2D eigenvalue weighted by atomic mass is 10.1. The van der Waals surface area contributed by atoms with Gasteiger partial charge in [0.2, 0.25) is 0 Å². The summed E-state index contributed by atoms with van der Waals surface area (Å²) in [6, 6.07) is 19.5. The van der Waals surface area contributed by atoms with E-state index in [0.717, 1.165) is 25.6 Å². The number of thioether (sulfide) groups is 1. The van der Waals surface area contributed by atoms with Crippen molar-refractivity contribution in [3.8, 4) is 11.5 Å². The molecule has 0 unspecified atom stereocenters. The Morgan fingerprint density at radius 2 is 1.88 bits per heavy atom. The van der Waals surface area contributed by atoms with E-state index in [-0.39, 0.29) is 5.91 Å². The normalized spacial score (nSPS) is 15.7. The SMILES string of the molecule is COc1ccc(C)cc1N=C1NC(=O)/C(=C/c2cc(Br)cc(Br)c2OCc2ccccc2)S1. The highest BCUT2D eigenvalue weighted by atomic mass is 79.9. The van der Waals surface area contributed by atoms with Crippen molar-refractivity contribution in [2.75, 3.05) is 7.11 Å². The summed E-state index contributed by atoms with van der Waals surface area (Å²) in [5, 5.41) is 3.33. The summed E-state index contributed by atoms with van der Waals surface area (Å²) < 4.78 is 13.2. The zero-order chi connectivity index (χ0) is 23.4. The number of methoxy groups -OCH3 is 1. The standard InChI is InChI=1S/C25H20Br2N2O3S/c1-15-8-9-21(31-2)20(10-15)28-25-29-24(30)22(33-25)12-17-11-18(26)13-19(27)23(17)32-14-16-6-4-3-5-7-16/h3-13H,14H2,1-2H3,(H,28,29,30)/b22-12-. The molecule has 3 aromatic carbocycles. The van der Waals surface area contributed by atoms with E-state index in [9.17, 15) is 4.79 Å². The maximum atomic E-state index is 12.7. The highest BCUT2D eigenvalue weighted by molar-refractivity contribution is 9.11. The van der Waals surface area contributed by atoms with Crippen molar-refractivity contribution in [1.29, 1.82) is 0 Å². The number of halogens is 2. The Kier molecular flexibility index (Phi) is 7.57. The van der Waals surface area contributed by atoms with Gasteiger partial charge in [-0.25, -0.2) is 4.99 Å². The molecule has 3 aromatic rings. The molecule has 33 heavy (non-hydrogen) atoms. The van der Waals surface area contributed by atoms with Crippen LogP contribution in [0.5, 0.6) is 11.5 Å². The zero-order valence-corrected chi connectivity index (χ0v) is 21.9. The summed E-state index contributed by atoms with van der Waals surface area (Å²) in [4.78, 5) is 17.8. The molecule has 0 spiro atoms. The smallest absolute Gasteiger partial charge is 0.264 e. The maximum absolute atomic E-state index is 12.7. The van der Waals surface area contributed by atoms with Crippen LogP contribution in [0.15, 0.2) is 79.5 Å². The van der Waals surface area contributed by atoms with Crippen molar-refractivity contribution in [1.82, 2.24) is 5.32 Å². The van der Waals surface area contributed by atoms with Gasteiger partial charge in [-0.05, 0) is 76.1 Å². The Balaban J connectivity index is 1.62. The number of aliphatic imine (C=N–C) groups is 1. The molecule has 0 saturated carbocycles. The minimum absolute atomic E-state index is 0.213. The molecule has 168 valence electrons. The van der Waals surface area contributed by atoms with E-state index in [2.05, 4.69) is 42.2 Å². The number of nitrogens with one attached hydrogen (secondary N) is 1. The lowest BCUT2D eigenvalue weighted by Gasteiger charge is -2.12. The number of hydrogen-bond acceptors (Lipinski definition) is 5. The average Bonchev–Trinajstić information content (AvgIpc) is 3.12. The Labute approximate surface area is 213 Å². The Bertz CT molecular complexity index is 1260. The number of rotatable bonds is 6. The molecular weight excluding hydrogens is 568 g/mol. The molecule has 0 atom stereocenters. The van der Waals surface area contributed by atoms with Crippen LogP contribution in [-0.4, -0.2) is 18.2 Å². The number of nitrogens with zero attached hydrogens (tertiary/aromatic N) is 1. The monoisotopic (exact) mass is 586 g/mol. The number of carbonyl (C=O) groups is 1. The minimum Gasteiger partial charge on any atom is -0.494 e. The van der Waals surface area contributed by atoms with Crippen molar-refractivity contribution < 1.29 is 14.3 Å². The van der Waals surface area contributed by atoms with Crippen LogP contribution in [0.1, 0.15) is 16.7 Å². The molecule has 1 heterocycles. The first-order valence-electron chi connectivity index (χ1n) is 10.0. The van der Waals surface area contributed by atoms with E-state index in [1.807, 2.05) is 73.7 Å². The van der Waals surface area contributed by atoms with Gasteiger partial charge in [0.1, 0.15) is 23.8 Å². The summed E-state index contributed by atoms with van der Waals surface area (Å²) >= 11 is 8.39. The first kappa shape index (κ1) is 23.6. The summed E-state index contributed by atoms with van der Waals surface area (Å²) in [7, 11) is 1.60. The number of ether oxygens (including phenoxy) is 2. The molecule has 0 aliphatic carbocycles. The molecule has 0 aromatic heterocycles. The molecule has 1 N–H and O–H groups in total. The second-order valence-corrected chi connectivity index (χ2v) is 10.0. The molecule has 1 aliphatic heterocycles. The first-order chi connectivity index (χ1) is 15.9. The molecule has 1 amide bonds. The van der Waals surface area contributed by atoms with Gasteiger partial charge in [0.05, 0.1) is 16.5 Å². The Hall–Kier alpha value is -2.55. The molecule has 0 radical (unpaired) electrons. The third-order valence-electron chi connectivity index (χ3n) is 4.76. The van der Waals surface area contributed by atoms with Crippen LogP contribution in [-0.2, 0) is 11.4 Å². The van der Waals surface area contributed by atoms with Gasteiger partial charge in [0.15, 0.2) is 5.17 Å². The summed E-state index contributed by atoms with van der Waals surface area (Å²) in [5.41, 5.74) is 3.55. The number of benzene rings is 3. The van der Waals surface area contributed by atoms with Crippen molar-refractivity contribution in [2.45, 2.75) is 13.5 Å². The van der Waals surface area contributed by atoms with E-state index in [4.69, 9.17) is 9.47 Å². The predicted octanol–water partition coefficient (Wildman–Crippen LogP) is 7.00. The molecule has 5 nitrogen and oxygen atoms in total. The van der Waals surface area contributed by atoms with Gasteiger partial charge < -0.3 is 14.8 Å². The van der Waals surface area contributed by atoms with Crippen LogP contribution < -0.4 is 14.8 Å². The van der Waals surface area contributed by atoms with Crippen LogP contribution in [0, 0.1) is 6.92 Å². The van der Waals surface area contributed by atoms with Crippen molar-refractivity contribution >= 4 is 66.5 Å². The van der Waals surface area contributed by atoms with Crippen LogP contribution in [0.3, 0.4) is 0 Å². The van der Waals surface area contributed by atoms with Crippen molar-refractivity contribution in [3.63, 3.8) is 0 Å². The van der Waals surface area contributed by atoms with E-state index < -0.39 is 0 Å². The second kappa shape index (κ2) is 10.6. The van der Waals surface area contributed by atoms with Gasteiger partial charge in [-0.1, -0.05) is 52.3 Å². The van der Waals surface area contributed by atoms with Gasteiger partial charge in [-0.2, -0.15) is 0 Å². The first-order valence-corrected chi connectivity index (χ1v) is 12.4. The van der Waals surface area contributed by atoms with Crippen molar-refractivity contribution in [3.05, 3.63) is 91.2 Å². The summed E-state index contributed by atoms with van der Waals surface area (Å²) in [6.07, 6.45) is 1.81. The number of amidine groups is 1. The van der Waals surface area contributed by atoms with E-state index in [1.165, 1.54) is 11.8 Å². The fourth-order valence-corrected chi connectivity index (χ4v) is 5.39. The highest BCUT2D eigenvalue weighted by Crippen LogP contribution is 2.38. The van der Waals surface area contributed by atoms with Crippen LogP contribution >= 0.6 is 43.6 Å². The van der Waals surface area contributed by atoms with E-state index >= 15 is 0 Å². The highest BCUT2D eigenvalue weighted by Gasteiger charge is 2.25. The predicted molar refractivity (Wildman–Crippen MR) is 141 cm³/mol. The lowest BCUT2D eigenvalue weighted by Crippen LogP contribution is -2.19. The molecule has 8 heteroatoms. The second-order valence-electron chi connectivity index (χ2n) is 7.24. The Morgan fingerprint density at radius 1 is 1.09 bits per heavy atom. The third kappa shape index (κ3) is 5.88. The largest absolute Gasteiger partial charge is 0.494 e. The summed E-state index contributed by atoms with van der Waals surface area (Å²) in [6.45, 7) is 2.40. The fourth-order valence-electron chi connectivity index (χ4n) is 3.19. The molecule has 4 rings (SSSR count). The number of amides is 1. The van der Waals surface area contributed by atoms with Crippen LogP contribution in [0.4, 0.5) is 5.69 Å². The van der Waals surface area contributed by atoms with E-state index in [0.29, 0.717) is 33.9 Å². The maximum Gasteiger partial charge on any atom is 0.264 e. The number of aryl methyl sites for hydroxylation is 1. The van der Waals surface area contributed by atoms with E-state index in [1.54, 1.807) is 7.11 Å². The van der Waals surface area contributed by atoms with Gasteiger partial charge >= 0.3 is 0 Å². The van der Waals surface area contributed by atoms with Crippen LogP contribution in [0.25, 0.3) is 6.08 Å². The molecule has 1 aliphatic rings. The molecular formula is C25H20Br2N2O3S. The van der Waals surface area contributed by atoms with Gasteiger partial charge in [0, 0.05) is 10.0 Å².